The van der Waals surface area contributed by atoms with Crippen molar-refractivity contribution in [3.05, 3.63) is 79.3 Å². The Morgan fingerprint density at radius 1 is 1.00 bits per heavy atom. The summed E-state index contributed by atoms with van der Waals surface area (Å²) in [5.41, 5.74) is 2.57. The Morgan fingerprint density at radius 2 is 1.77 bits per heavy atom. The molecular formula is C24H25N5O2. The van der Waals surface area contributed by atoms with Crippen molar-refractivity contribution in [3.8, 4) is 11.5 Å². The van der Waals surface area contributed by atoms with Gasteiger partial charge in [0.15, 0.2) is 0 Å². The maximum Gasteiger partial charge on any atom is 0.323 e. The molecule has 2 aromatic carbocycles. The van der Waals surface area contributed by atoms with Gasteiger partial charge in [-0.15, -0.1) is 0 Å². The van der Waals surface area contributed by atoms with Crippen LogP contribution in [-0.4, -0.2) is 41.1 Å². The van der Waals surface area contributed by atoms with E-state index in [-0.39, 0.29) is 6.03 Å². The number of rotatable bonds is 7. The van der Waals surface area contributed by atoms with Crippen LogP contribution < -0.4 is 15.4 Å². The second-order valence-corrected chi connectivity index (χ2v) is 7.48. The highest BCUT2D eigenvalue weighted by molar-refractivity contribution is 6.01. The fourth-order valence-electron chi connectivity index (χ4n) is 3.22. The highest BCUT2D eigenvalue weighted by atomic mass is 16.5. The highest BCUT2D eigenvalue weighted by Gasteiger charge is 2.07. The Morgan fingerprint density at radius 3 is 2.52 bits per heavy atom. The fourth-order valence-corrected chi connectivity index (χ4v) is 3.22. The normalized spacial score (nSPS) is 10.9. The number of nitrogens with one attached hydrogen (secondary N) is 2. The van der Waals surface area contributed by atoms with Crippen molar-refractivity contribution in [2.45, 2.75) is 6.54 Å². The molecule has 0 saturated carbocycles. The number of fused-ring (bicyclic) bond motifs is 1. The first-order valence-electron chi connectivity index (χ1n) is 10.1. The summed E-state index contributed by atoms with van der Waals surface area (Å²) in [6.45, 7) is 1.89. The Bertz CT molecular complexity index is 1150. The van der Waals surface area contributed by atoms with E-state index in [1.165, 1.54) is 0 Å². The van der Waals surface area contributed by atoms with Gasteiger partial charge in [-0.05, 0) is 74.8 Å². The molecule has 2 aromatic heterocycles. The molecule has 4 aromatic rings. The first-order valence-corrected chi connectivity index (χ1v) is 10.1. The predicted octanol–water partition coefficient (Wildman–Crippen LogP) is 5.03. The minimum absolute atomic E-state index is 0.299. The predicted molar refractivity (Wildman–Crippen MR) is 124 cm³/mol. The van der Waals surface area contributed by atoms with E-state index >= 15 is 0 Å². The molecule has 7 nitrogen and oxygen atoms in total. The summed E-state index contributed by atoms with van der Waals surface area (Å²) < 4.78 is 7.93. The van der Waals surface area contributed by atoms with Gasteiger partial charge in [0.05, 0.1) is 6.20 Å². The molecule has 2 amide bonds. The molecule has 7 heteroatoms. The molecular weight excluding hydrogens is 390 g/mol. The summed E-state index contributed by atoms with van der Waals surface area (Å²) >= 11 is 0. The fraction of sp³-hybridized carbons (Fsp3) is 0.167. The maximum atomic E-state index is 12.4. The van der Waals surface area contributed by atoms with Gasteiger partial charge in [0.2, 0.25) is 0 Å². The number of nitrogens with zero attached hydrogens (tertiary/aromatic N) is 3. The van der Waals surface area contributed by atoms with Crippen LogP contribution in [-0.2, 0) is 6.54 Å². The SMILES string of the molecule is CN(C)CCn1ccc2cc(NC(=O)Nc3ccc(Oc4cccnc4)cc3)ccc21. The van der Waals surface area contributed by atoms with Gasteiger partial charge in [-0.1, -0.05) is 0 Å². The van der Waals surface area contributed by atoms with Gasteiger partial charge in [0, 0.05) is 47.8 Å². The number of benzene rings is 2. The molecule has 0 unspecified atom stereocenters. The molecule has 0 aliphatic rings. The lowest BCUT2D eigenvalue weighted by atomic mass is 10.2. The zero-order valence-electron chi connectivity index (χ0n) is 17.6. The Balaban J connectivity index is 1.35. The molecule has 0 saturated heterocycles. The molecule has 2 heterocycles. The van der Waals surface area contributed by atoms with Crippen LogP contribution in [0.1, 0.15) is 0 Å². The second kappa shape index (κ2) is 9.32. The van der Waals surface area contributed by atoms with E-state index in [0.717, 1.165) is 29.7 Å². The second-order valence-electron chi connectivity index (χ2n) is 7.48. The minimum Gasteiger partial charge on any atom is -0.456 e. The third-order valence-corrected chi connectivity index (χ3v) is 4.80. The summed E-state index contributed by atoms with van der Waals surface area (Å²) in [6.07, 6.45) is 5.41. The van der Waals surface area contributed by atoms with Crippen LogP contribution in [0.25, 0.3) is 10.9 Å². The van der Waals surface area contributed by atoms with E-state index in [4.69, 9.17) is 4.74 Å². The lowest BCUT2D eigenvalue weighted by Gasteiger charge is -2.12. The number of hydrogen-bond donors (Lipinski definition) is 2. The molecule has 31 heavy (non-hydrogen) atoms. The molecule has 0 bridgehead atoms. The van der Waals surface area contributed by atoms with Crippen LogP contribution in [0.15, 0.2) is 79.3 Å². The number of hydrogen-bond acceptors (Lipinski definition) is 4. The van der Waals surface area contributed by atoms with Crippen molar-refractivity contribution in [1.29, 1.82) is 0 Å². The van der Waals surface area contributed by atoms with E-state index < -0.39 is 0 Å². The van der Waals surface area contributed by atoms with Crippen LogP contribution in [0, 0.1) is 0 Å². The van der Waals surface area contributed by atoms with Gasteiger partial charge in [-0.2, -0.15) is 0 Å². The number of urea groups is 1. The van der Waals surface area contributed by atoms with E-state index in [1.807, 2.05) is 30.3 Å². The zero-order valence-corrected chi connectivity index (χ0v) is 17.6. The third kappa shape index (κ3) is 5.40. The van der Waals surface area contributed by atoms with Gasteiger partial charge in [0.25, 0.3) is 0 Å². The summed E-state index contributed by atoms with van der Waals surface area (Å²) in [5.74, 6) is 1.33. The van der Waals surface area contributed by atoms with Gasteiger partial charge in [0.1, 0.15) is 11.5 Å². The number of carbonyl (C=O) groups excluding carboxylic acids is 1. The van der Waals surface area contributed by atoms with Crippen molar-refractivity contribution >= 4 is 28.3 Å². The highest BCUT2D eigenvalue weighted by Crippen LogP contribution is 2.23. The largest absolute Gasteiger partial charge is 0.456 e. The third-order valence-electron chi connectivity index (χ3n) is 4.80. The van der Waals surface area contributed by atoms with Crippen LogP contribution >= 0.6 is 0 Å². The molecule has 2 N–H and O–H groups in total. The number of carbonyl (C=O) groups is 1. The number of likely N-dealkylation sites (N-methyl/N-ethyl adjacent to an activating group) is 1. The van der Waals surface area contributed by atoms with E-state index in [9.17, 15) is 4.79 Å². The van der Waals surface area contributed by atoms with Crippen LogP contribution in [0.2, 0.25) is 0 Å². The maximum absolute atomic E-state index is 12.4. The molecule has 0 atom stereocenters. The number of anilines is 2. The van der Waals surface area contributed by atoms with E-state index in [1.54, 1.807) is 36.7 Å². The summed E-state index contributed by atoms with van der Waals surface area (Å²) in [6, 6.07) is 18.5. The Kier molecular flexibility index (Phi) is 6.14. The summed E-state index contributed by atoms with van der Waals surface area (Å²) in [5, 5.41) is 6.82. The number of pyridine rings is 1. The molecule has 0 spiro atoms. The molecule has 4 rings (SSSR count). The van der Waals surface area contributed by atoms with Crippen molar-refractivity contribution in [2.24, 2.45) is 0 Å². The zero-order chi connectivity index (χ0) is 21.6. The van der Waals surface area contributed by atoms with Crippen molar-refractivity contribution in [2.75, 3.05) is 31.3 Å². The van der Waals surface area contributed by atoms with E-state index in [0.29, 0.717) is 17.2 Å². The standard InChI is InChI=1S/C24H25N5O2/c1-28(2)14-15-29-13-11-18-16-20(7-10-23(18)29)27-24(30)26-19-5-8-21(9-6-19)31-22-4-3-12-25-17-22/h3-13,16-17H,14-15H2,1-2H3,(H2,26,27,30). The lowest BCUT2D eigenvalue weighted by molar-refractivity contribution is 0.262. The summed E-state index contributed by atoms with van der Waals surface area (Å²) in [4.78, 5) is 18.6. The average Bonchev–Trinajstić information content (AvgIpc) is 3.16. The van der Waals surface area contributed by atoms with Crippen molar-refractivity contribution < 1.29 is 9.53 Å². The van der Waals surface area contributed by atoms with Crippen LogP contribution in [0.4, 0.5) is 16.2 Å². The molecule has 0 aliphatic carbocycles. The number of ether oxygens (including phenoxy) is 1. The molecule has 0 aliphatic heterocycles. The molecule has 0 fully saturated rings. The van der Waals surface area contributed by atoms with Crippen LogP contribution in [0.3, 0.4) is 0 Å². The lowest BCUT2D eigenvalue weighted by Crippen LogP contribution is -2.19. The van der Waals surface area contributed by atoms with Gasteiger partial charge in [-0.3, -0.25) is 4.98 Å². The van der Waals surface area contributed by atoms with Gasteiger partial charge in [-0.25, -0.2) is 4.79 Å². The van der Waals surface area contributed by atoms with Crippen molar-refractivity contribution in [1.82, 2.24) is 14.5 Å². The van der Waals surface area contributed by atoms with Crippen LogP contribution in [0.5, 0.6) is 11.5 Å². The topological polar surface area (TPSA) is 71.4 Å². The monoisotopic (exact) mass is 415 g/mol. The van der Waals surface area contributed by atoms with Crippen molar-refractivity contribution in [3.63, 3.8) is 0 Å². The first kappa shape index (κ1) is 20.4. The average molecular weight is 415 g/mol. The van der Waals surface area contributed by atoms with Gasteiger partial charge < -0.3 is 24.8 Å². The first-order chi connectivity index (χ1) is 15.1. The molecule has 0 radical (unpaired) electrons. The summed E-state index contributed by atoms with van der Waals surface area (Å²) in [7, 11) is 4.13. The number of aromatic nitrogens is 2. The Hall–Kier alpha value is -3.84. The number of amides is 2. The smallest absolute Gasteiger partial charge is 0.323 e. The minimum atomic E-state index is -0.299. The quantitative estimate of drug-likeness (QED) is 0.444. The van der Waals surface area contributed by atoms with Gasteiger partial charge >= 0.3 is 6.03 Å². The molecule has 158 valence electrons. The van der Waals surface area contributed by atoms with E-state index in [2.05, 4.69) is 51.4 Å². The Labute approximate surface area is 181 Å².